The summed E-state index contributed by atoms with van der Waals surface area (Å²) in [6.07, 6.45) is 5.90. The van der Waals surface area contributed by atoms with Gasteiger partial charge in [0.25, 0.3) is 15.9 Å². The number of hydrogen-bond donors (Lipinski definition) is 1. The summed E-state index contributed by atoms with van der Waals surface area (Å²) in [6, 6.07) is 20.0. The number of hydrogen-bond acceptors (Lipinski definition) is 5. The molecule has 4 rings (SSSR count). The number of amides is 2. The lowest BCUT2D eigenvalue weighted by molar-refractivity contribution is -0.128. The van der Waals surface area contributed by atoms with Gasteiger partial charge in [-0.3, -0.25) is 9.59 Å². The number of carbonyl (C=O) groups is 2. The Hall–Kier alpha value is -4.11. The Morgan fingerprint density at radius 1 is 1.02 bits per heavy atom. The molecule has 0 spiro atoms. The van der Waals surface area contributed by atoms with Crippen molar-refractivity contribution >= 4 is 32.7 Å². The van der Waals surface area contributed by atoms with E-state index in [0.717, 1.165) is 47.7 Å². The Balaban J connectivity index is 1.62. The summed E-state index contributed by atoms with van der Waals surface area (Å²) in [5.74, 6) is -0.0898. The number of aryl methyl sites for hydroxylation is 2. The lowest BCUT2D eigenvalue weighted by Gasteiger charge is -2.23. The number of carbonyl (C=O) groups excluding carboxylic acids is 2. The zero-order valence-electron chi connectivity index (χ0n) is 24.9. The van der Waals surface area contributed by atoms with Gasteiger partial charge in [0.2, 0.25) is 5.91 Å². The largest absolute Gasteiger partial charge is 0.496 e. The van der Waals surface area contributed by atoms with E-state index in [1.54, 1.807) is 63.4 Å². The van der Waals surface area contributed by atoms with Crippen molar-refractivity contribution in [2.24, 2.45) is 0 Å². The van der Waals surface area contributed by atoms with Gasteiger partial charge in [-0.1, -0.05) is 49.7 Å². The van der Waals surface area contributed by atoms with E-state index in [1.165, 1.54) is 6.07 Å². The molecule has 42 heavy (non-hydrogen) atoms. The first kappa shape index (κ1) is 30.8. The minimum Gasteiger partial charge on any atom is -0.496 e. The standard InChI is InChI=1S/C33H39N3O5S/c1-6-10-28(36-20-19-25-16-15-24(21-29(25)36)12-9-14-32(37)35(3)4)27-18-17-26(22-30(27)41-5)33(38)34-42(39,40)31-13-8-7-11-23(31)2/h7-8,11,13,15-22,28H,6,9-10,12,14H2,1-5H3,(H,34,38). The molecule has 0 saturated heterocycles. The van der Waals surface area contributed by atoms with Gasteiger partial charge in [0.1, 0.15) is 5.75 Å². The van der Waals surface area contributed by atoms with Crippen LogP contribution in [-0.2, 0) is 21.2 Å². The van der Waals surface area contributed by atoms with Crippen LogP contribution >= 0.6 is 0 Å². The second-order valence-electron chi connectivity index (χ2n) is 10.7. The molecule has 4 aromatic rings. The lowest BCUT2D eigenvalue weighted by atomic mass is 9.98. The summed E-state index contributed by atoms with van der Waals surface area (Å²) in [5, 5.41) is 1.11. The number of benzene rings is 3. The quantitative estimate of drug-likeness (QED) is 0.223. The van der Waals surface area contributed by atoms with Crippen LogP contribution in [0, 0.1) is 6.92 Å². The van der Waals surface area contributed by atoms with E-state index in [4.69, 9.17) is 4.74 Å². The molecule has 0 bridgehead atoms. The zero-order chi connectivity index (χ0) is 30.4. The van der Waals surface area contributed by atoms with Crippen molar-refractivity contribution in [3.05, 3.63) is 95.2 Å². The van der Waals surface area contributed by atoms with Crippen molar-refractivity contribution in [3.63, 3.8) is 0 Å². The lowest BCUT2D eigenvalue weighted by Crippen LogP contribution is -2.31. The molecule has 8 nitrogen and oxygen atoms in total. The molecular weight excluding hydrogens is 550 g/mol. The first-order valence-corrected chi connectivity index (χ1v) is 15.6. The Morgan fingerprint density at radius 2 is 1.79 bits per heavy atom. The van der Waals surface area contributed by atoms with Crippen molar-refractivity contribution in [3.8, 4) is 5.75 Å². The predicted molar refractivity (Wildman–Crippen MR) is 165 cm³/mol. The molecule has 1 N–H and O–H groups in total. The van der Waals surface area contributed by atoms with Crippen LogP contribution in [0.25, 0.3) is 10.9 Å². The second kappa shape index (κ2) is 13.2. The third-order valence-corrected chi connectivity index (χ3v) is 9.00. The van der Waals surface area contributed by atoms with Crippen molar-refractivity contribution in [2.45, 2.75) is 56.9 Å². The molecule has 0 saturated carbocycles. The van der Waals surface area contributed by atoms with E-state index in [1.807, 2.05) is 6.07 Å². The van der Waals surface area contributed by atoms with Gasteiger partial charge < -0.3 is 14.2 Å². The summed E-state index contributed by atoms with van der Waals surface area (Å²) in [6.45, 7) is 3.81. The molecule has 1 aromatic heterocycles. The fraction of sp³-hybridized carbons (Fsp3) is 0.333. The van der Waals surface area contributed by atoms with Crippen LogP contribution in [-0.4, -0.2) is 50.9 Å². The van der Waals surface area contributed by atoms with Gasteiger partial charge in [0.05, 0.1) is 18.0 Å². The van der Waals surface area contributed by atoms with E-state index in [0.29, 0.717) is 17.7 Å². The maximum Gasteiger partial charge on any atom is 0.265 e. The summed E-state index contributed by atoms with van der Waals surface area (Å²) < 4.78 is 36.0. The molecular formula is C33H39N3O5S. The monoisotopic (exact) mass is 589 g/mol. The summed E-state index contributed by atoms with van der Waals surface area (Å²) in [4.78, 5) is 26.7. The molecule has 0 aliphatic rings. The third-order valence-electron chi connectivity index (χ3n) is 7.51. The number of nitrogens with one attached hydrogen (secondary N) is 1. The van der Waals surface area contributed by atoms with Gasteiger partial charge in [0.15, 0.2) is 0 Å². The highest BCUT2D eigenvalue weighted by Crippen LogP contribution is 2.35. The average Bonchev–Trinajstić information content (AvgIpc) is 3.38. The fourth-order valence-electron chi connectivity index (χ4n) is 5.23. The molecule has 0 radical (unpaired) electrons. The van der Waals surface area contributed by atoms with Crippen LogP contribution in [0.3, 0.4) is 0 Å². The second-order valence-corrected chi connectivity index (χ2v) is 12.4. The Bertz CT molecular complexity index is 1690. The zero-order valence-corrected chi connectivity index (χ0v) is 25.7. The molecule has 0 fully saturated rings. The molecule has 0 aliphatic carbocycles. The number of methoxy groups -OCH3 is 1. The molecule has 1 heterocycles. The van der Waals surface area contributed by atoms with Crippen LogP contribution in [0.2, 0.25) is 0 Å². The van der Waals surface area contributed by atoms with Gasteiger partial charge in [-0.25, -0.2) is 13.1 Å². The maximum atomic E-state index is 13.1. The summed E-state index contributed by atoms with van der Waals surface area (Å²) in [7, 11) is 1.06. The molecule has 1 unspecified atom stereocenters. The number of sulfonamides is 1. The van der Waals surface area contributed by atoms with E-state index in [-0.39, 0.29) is 22.4 Å². The van der Waals surface area contributed by atoms with E-state index >= 15 is 0 Å². The van der Waals surface area contributed by atoms with E-state index in [9.17, 15) is 18.0 Å². The van der Waals surface area contributed by atoms with Crippen molar-refractivity contribution in [2.75, 3.05) is 21.2 Å². The van der Waals surface area contributed by atoms with Crippen molar-refractivity contribution in [1.82, 2.24) is 14.2 Å². The van der Waals surface area contributed by atoms with Crippen LogP contribution in [0.4, 0.5) is 0 Å². The minimum atomic E-state index is -4.04. The van der Waals surface area contributed by atoms with Crippen LogP contribution in [0.15, 0.2) is 77.8 Å². The van der Waals surface area contributed by atoms with Crippen LogP contribution < -0.4 is 9.46 Å². The number of aromatic nitrogens is 1. The Morgan fingerprint density at radius 3 is 2.48 bits per heavy atom. The number of rotatable bonds is 12. The normalized spacial score (nSPS) is 12.2. The average molecular weight is 590 g/mol. The molecule has 9 heteroatoms. The Kier molecular flexibility index (Phi) is 9.73. The van der Waals surface area contributed by atoms with Crippen molar-refractivity contribution in [1.29, 1.82) is 0 Å². The van der Waals surface area contributed by atoms with Crippen LogP contribution in [0.5, 0.6) is 5.75 Å². The highest BCUT2D eigenvalue weighted by molar-refractivity contribution is 7.90. The van der Waals surface area contributed by atoms with Crippen molar-refractivity contribution < 1.29 is 22.7 Å². The first-order valence-electron chi connectivity index (χ1n) is 14.2. The molecule has 3 aromatic carbocycles. The van der Waals surface area contributed by atoms with Gasteiger partial charge in [0, 0.05) is 43.4 Å². The SMILES string of the molecule is CCCC(c1ccc(C(=O)NS(=O)(=O)c2ccccc2C)cc1OC)n1ccc2ccc(CCCC(=O)N(C)C)cc21. The van der Waals surface area contributed by atoms with Gasteiger partial charge in [-0.05, 0) is 73.0 Å². The minimum absolute atomic E-state index is 0.0631. The smallest absolute Gasteiger partial charge is 0.265 e. The number of nitrogens with zero attached hydrogens (tertiary/aromatic N) is 2. The third kappa shape index (κ3) is 6.85. The van der Waals surface area contributed by atoms with E-state index in [2.05, 4.69) is 46.7 Å². The van der Waals surface area contributed by atoms with Gasteiger partial charge >= 0.3 is 0 Å². The molecule has 1 atom stereocenters. The molecule has 0 aliphatic heterocycles. The molecule has 222 valence electrons. The fourth-order valence-corrected chi connectivity index (χ4v) is 6.45. The first-order chi connectivity index (χ1) is 20.1. The highest BCUT2D eigenvalue weighted by atomic mass is 32.2. The number of ether oxygens (including phenoxy) is 1. The number of fused-ring (bicyclic) bond motifs is 1. The molecule has 2 amide bonds. The van der Waals surface area contributed by atoms with Crippen LogP contribution in [0.1, 0.15) is 65.7 Å². The highest BCUT2D eigenvalue weighted by Gasteiger charge is 2.24. The topological polar surface area (TPSA) is 97.7 Å². The van der Waals surface area contributed by atoms with E-state index < -0.39 is 15.9 Å². The Labute approximate surface area is 248 Å². The summed E-state index contributed by atoms with van der Waals surface area (Å²) >= 11 is 0. The van der Waals surface area contributed by atoms with Gasteiger partial charge in [-0.15, -0.1) is 0 Å². The maximum absolute atomic E-state index is 13.1. The van der Waals surface area contributed by atoms with Gasteiger partial charge in [-0.2, -0.15) is 0 Å². The predicted octanol–water partition coefficient (Wildman–Crippen LogP) is 5.88. The summed E-state index contributed by atoms with van der Waals surface area (Å²) in [5.41, 5.74) is 3.89.